The third kappa shape index (κ3) is 3.54. The molecule has 0 fully saturated rings. The van der Waals surface area contributed by atoms with Gasteiger partial charge >= 0.3 is 6.18 Å². The van der Waals surface area contributed by atoms with Crippen LogP contribution < -0.4 is 4.74 Å². The molecule has 0 radical (unpaired) electrons. The molecule has 0 aliphatic heterocycles. The van der Waals surface area contributed by atoms with E-state index < -0.39 is 23.4 Å². The fourth-order valence-electron chi connectivity index (χ4n) is 2.14. The first kappa shape index (κ1) is 17.5. The lowest BCUT2D eigenvalue weighted by Crippen LogP contribution is -2.14. The van der Waals surface area contributed by atoms with Gasteiger partial charge in [0.05, 0.1) is 24.4 Å². The van der Waals surface area contributed by atoms with Crippen molar-refractivity contribution in [2.24, 2.45) is 0 Å². The number of ketones is 1. The van der Waals surface area contributed by atoms with E-state index in [9.17, 15) is 23.2 Å². The number of aromatic nitrogens is 1. The van der Waals surface area contributed by atoms with E-state index in [0.29, 0.717) is 11.9 Å². The number of nitrogens with zero attached hydrogens (tertiary/aromatic N) is 2. The molecule has 1 aromatic heterocycles. The van der Waals surface area contributed by atoms with Crippen LogP contribution in [0.3, 0.4) is 0 Å². The molecule has 7 heteroatoms. The number of alkyl halides is 3. The van der Waals surface area contributed by atoms with Crippen molar-refractivity contribution in [1.29, 1.82) is 5.26 Å². The summed E-state index contributed by atoms with van der Waals surface area (Å²) < 4.78 is 42.8. The highest BCUT2D eigenvalue weighted by Crippen LogP contribution is 2.30. The number of carbonyl (C=O) groups is 1. The molecule has 0 aliphatic rings. The van der Waals surface area contributed by atoms with Crippen molar-refractivity contribution in [2.75, 3.05) is 7.11 Å². The zero-order valence-corrected chi connectivity index (χ0v) is 12.9. The zero-order chi connectivity index (χ0) is 17.9. The Morgan fingerprint density at radius 3 is 2.50 bits per heavy atom. The molecule has 2 rings (SSSR count). The summed E-state index contributed by atoms with van der Waals surface area (Å²) in [6.45, 7) is 1.80. The van der Waals surface area contributed by atoms with Gasteiger partial charge in [0.15, 0.2) is 11.7 Å². The first-order valence-electron chi connectivity index (χ1n) is 6.89. The minimum absolute atomic E-state index is 0.0324. The van der Waals surface area contributed by atoms with Gasteiger partial charge in [0.2, 0.25) is 0 Å². The maximum absolute atomic E-state index is 12.6. The highest BCUT2D eigenvalue weighted by Gasteiger charge is 2.31. The van der Waals surface area contributed by atoms with Crippen LogP contribution >= 0.6 is 0 Å². The van der Waals surface area contributed by atoms with Crippen LogP contribution in [0.1, 0.15) is 33.1 Å². The van der Waals surface area contributed by atoms with Crippen molar-refractivity contribution >= 4 is 5.78 Å². The average Bonchev–Trinajstić information content (AvgIpc) is 2.55. The molecule has 1 aromatic carbocycles. The van der Waals surface area contributed by atoms with Crippen LogP contribution in [0.4, 0.5) is 13.2 Å². The predicted molar refractivity (Wildman–Crippen MR) is 79.7 cm³/mol. The molecule has 0 N–H and O–H groups in total. The lowest BCUT2D eigenvalue weighted by Gasteiger charge is -2.11. The second-order valence-electron chi connectivity index (χ2n) is 5.08. The van der Waals surface area contributed by atoms with Crippen molar-refractivity contribution in [3.05, 3.63) is 58.9 Å². The molecule has 4 nitrogen and oxygen atoms in total. The quantitative estimate of drug-likeness (QED) is 0.795. The summed E-state index contributed by atoms with van der Waals surface area (Å²) in [6.07, 6.45) is -3.91. The Morgan fingerprint density at radius 1 is 1.29 bits per heavy atom. The molecule has 0 amide bonds. The molecule has 24 heavy (non-hydrogen) atoms. The predicted octanol–water partition coefficient (Wildman–Crippen LogP) is 3.91. The lowest BCUT2D eigenvalue weighted by atomic mass is 9.94. The van der Waals surface area contributed by atoms with Gasteiger partial charge in [0, 0.05) is 11.8 Å². The zero-order valence-electron chi connectivity index (χ0n) is 12.9. The topological polar surface area (TPSA) is 63.0 Å². The molecule has 0 saturated carbocycles. The van der Waals surface area contributed by atoms with E-state index in [2.05, 4.69) is 4.98 Å². The largest absolute Gasteiger partial charge is 0.496 e. The molecular formula is C17H13F3N2O2. The second kappa shape index (κ2) is 6.71. The molecule has 0 aliphatic carbocycles. The first-order chi connectivity index (χ1) is 11.3. The van der Waals surface area contributed by atoms with E-state index in [4.69, 9.17) is 4.74 Å². The van der Waals surface area contributed by atoms with Crippen LogP contribution in [-0.4, -0.2) is 17.9 Å². The molecule has 1 atom stereocenters. The normalized spacial score (nSPS) is 12.3. The monoisotopic (exact) mass is 334 g/mol. The molecule has 1 heterocycles. The smallest absolute Gasteiger partial charge is 0.417 e. The Labute approximate surface area is 136 Å². The summed E-state index contributed by atoms with van der Waals surface area (Å²) in [5.41, 5.74) is 0.0725. The molecule has 124 valence electrons. The number of methoxy groups -OCH3 is 1. The molecule has 0 unspecified atom stereocenters. The summed E-state index contributed by atoms with van der Waals surface area (Å²) in [6, 6.07) is 8.33. The Bertz CT molecular complexity index is 793. The highest BCUT2D eigenvalue weighted by atomic mass is 19.4. The van der Waals surface area contributed by atoms with Gasteiger partial charge < -0.3 is 4.74 Å². The Balaban J connectivity index is 2.35. The van der Waals surface area contributed by atoms with Crippen LogP contribution in [0.2, 0.25) is 0 Å². The van der Waals surface area contributed by atoms with Crippen LogP contribution in [0.15, 0.2) is 36.5 Å². The molecule has 0 spiro atoms. The standard InChI is InChI=1S/C17H13F3N2O2/c1-10-3-4-11(7-15(10)24-2)16(23)13(8-21)14-6-5-12(9-22-14)17(18,19)20/h3-7,9,13H,1-2H3/t13-/m1/s1. The fraction of sp³-hybridized carbons (Fsp3) is 0.235. The van der Waals surface area contributed by atoms with E-state index in [1.807, 2.05) is 0 Å². The van der Waals surface area contributed by atoms with Gasteiger partial charge in [0.25, 0.3) is 0 Å². The average molecular weight is 334 g/mol. The van der Waals surface area contributed by atoms with Crippen LogP contribution in [0, 0.1) is 18.3 Å². The van der Waals surface area contributed by atoms with Gasteiger partial charge in [-0.05, 0) is 30.7 Å². The number of Topliss-reactive ketones (excluding diaryl/α,β-unsaturated/α-hetero) is 1. The van der Waals surface area contributed by atoms with Crippen molar-refractivity contribution in [3.8, 4) is 11.8 Å². The third-order valence-corrected chi connectivity index (χ3v) is 3.49. The van der Waals surface area contributed by atoms with E-state index in [0.717, 1.165) is 17.7 Å². The summed E-state index contributed by atoms with van der Waals surface area (Å²) in [5, 5.41) is 9.26. The summed E-state index contributed by atoms with van der Waals surface area (Å²) in [4.78, 5) is 16.1. The van der Waals surface area contributed by atoms with E-state index >= 15 is 0 Å². The van der Waals surface area contributed by atoms with Crippen molar-refractivity contribution in [2.45, 2.75) is 19.0 Å². The van der Waals surface area contributed by atoms with Gasteiger partial charge in [-0.1, -0.05) is 12.1 Å². The molecule has 2 aromatic rings. The molecule has 0 bridgehead atoms. The number of aryl methyl sites for hydroxylation is 1. The number of benzene rings is 1. The maximum Gasteiger partial charge on any atom is 0.417 e. The van der Waals surface area contributed by atoms with Gasteiger partial charge in [0.1, 0.15) is 5.75 Å². The van der Waals surface area contributed by atoms with E-state index in [1.54, 1.807) is 19.1 Å². The summed E-state index contributed by atoms with van der Waals surface area (Å²) in [7, 11) is 1.45. The highest BCUT2D eigenvalue weighted by molar-refractivity contribution is 6.02. The number of hydrogen-bond acceptors (Lipinski definition) is 4. The van der Waals surface area contributed by atoms with Crippen molar-refractivity contribution < 1.29 is 22.7 Å². The number of rotatable bonds is 4. The van der Waals surface area contributed by atoms with Gasteiger partial charge in [-0.3, -0.25) is 9.78 Å². The van der Waals surface area contributed by atoms with E-state index in [-0.39, 0.29) is 11.3 Å². The minimum atomic E-state index is -4.53. The van der Waals surface area contributed by atoms with Crippen LogP contribution in [0.5, 0.6) is 5.75 Å². The number of halogens is 3. The number of hydrogen-bond donors (Lipinski definition) is 0. The second-order valence-corrected chi connectivity index (χ2v) is 5.08. The number of nitriles is 1. The minimum Gasteiger partial charge on any atom is -0.496 e. The first-order valence-corrected chi connectivity index (χ1v) is 6.89. The summed E-state index contributed by atoms with van der Waals surface area (Å²) in [5.74, 6) is -1.36. The number of ether oxygens (including phenoxy) is 1. The van der Waals surface area contributed by atoms with Crippen molar-refractivity contribution in [3.63, 3.8) is 0 Å². The Kier molecular flexibility index (Phi) is 4.88. The SMILES string of the molecule is COc1cc(C(=O)[C@H](C#N)c2ccc(C(F)(F)F)cn2)ccc1C. The summed E-state index contributed by atoms with van der Waals surface area (Å²) >= 11 is 0. The van der Waals surface area contributed by atoms with Gasteiger partial charge in [-0.2, -0.15) is 18.4 Å². The Hall–Kier alpha value is -2.88. The number of carbonyl (C=O) groups excluding carboxylic acids is 1. The molecule has 0 saturated heterocycles. The van der Waals surface area contributed by atoms with Crippen LogP contribution in [-0.2, 0) is 6.18 Å². The number of pyridine rings is 1. The third-order valence-electron chi connectivity index (χ3n) is 3.49. The van der Waals surface area contributed by atoms with Crippen LogP contribution in [0.25, 0.3) is 0 Å². The fourth-order valence-corrected chi connectivity index (χ4v) is 2.14. The maximum atomic E-state index is 12.6. The van der Waals surface area contributed by atoms with Gasteiger partial charge in [-0.25, -0.2) is 0 Å². The van der Waals surface area contributed by atoms with E-state index in [1.165, 1.54) is 19.2 Å². The lowest BCUT2D eigenvalue weighted by molar-refractivity contribution is -0.137. The van der Waals surface area contributed by atoms with Gasteiger partial charge in [-0.15, -0.1) is 0 Å². The molecular weight excluding hydrogens is 321 g/mol. The Morgan fingerprint density at radius 2 is 2.00 bits per heavy atom. The van der Waals surface area contributed by atoms with Crippen molar-refractivity contribution in [1.82, 2.24) is 4.98 Å².